The molecule has 3 N–H and O–H groups in total. The van der Waals surface area contributed by atoms with Crippen molar-refractivity contribution in [2.45, 2.75) is 25.5 Å². The third kappa shape index (κ3) is 2.86. The van der Waals surface area contributed by atoms with Crippen molar-refractivity contribution in [3.05, 3.63) is 48.9 Å². The lowest BCUT2D eigenvalue weighted by molar-refractivity contribution is -0.0383. The van der Waals surface area contributed by atoms with E-state index in [0.717, 1.165) is 59.2 Å². The number of H-pyrrole nitrogens is 1. The van der Waals surface area contributed by atoms with Crippen LogP contribution >= 0.6 is 0 Å². The van der Waals surface area contributed by atoms with E-state index < -0.39 is 0 Å². The van der Waals surface area contributed by atoms with Gasteiger partial charge >= 0.3 is 0 Å². The van der Waals surface area contributed by atoms with Crippen molar-refractivity contribution in [1.82, 2.24) is 25.0 Å². The van der Waals surface area contributed by atoms with E-state index in [9.17, 15) is 0 Å². The highest BCUT2D eigenvalue weighted by Gasteiger charge is 2.20. The van der Waals surface area contributed by atoms with Gasteiger partial charge < -0.3 is 10.5 Å². The molecule has 0 bridgehead atoms. The summed E-state index contributed by atoms with van der Waals surface area (Å²) in [5, 5.41) is 12.4. The molecule has 0 spiro atoms. The monoisotopic (exact) mass is 360 g/mol. The van der Waals surface area contributed by atoms with E-state index in [1.165, 1.54) is 0 Å². The molecular formula is C20H20N6O. The molecule has 1 saturated heterocycles. The normalized spacial score (nSPS) is 17.4. The first-order valence-corrected chi connectivity index (χ1v) is 9.14. The minimum absolute atomic E-state index is 0.00487. The number of aromatic amines is 1. The van der Waals surface area contributed by atoms with Crippen molar-refractivity contribution in [2.75, 3.05) is 12.3 Å². The van der Waals surface area contributed by atoms with Crippen molar-refractivity contribution >= 4 is 16.7 Å². The predicted octanol–water partition coefficient (Wildman–Crippen LogP) is 3.77. The molecule has 136 valence electrons. The van der Waals surface area contributed by atoms with Crippen molar-refractivity contribution in [3.63, 3.8) is 0 Å². The maximum absolute atomic E-state index is 6.07. The number of benzene rings is 1. The van der Waals surface area contributed by atoms with Crippen LogP contribution in [0.15, 0.2) is 48.9 Å². The van der Waals surface area contributed by atoms with Gasteiger partial charge in [-0.3, -0.25) is 5.10 Å². The van der Waals surface area contributed by atoms with Crippen LogP contribution < -0.4 is 5.73 Å². The second-order valence-electron chi connectivity index (χ2n) is 6.80. The van der Waals surface area contributed by atoms with Crippen molar-refractivity contribution in [2.24, 2.45) is 0 Å². The number of rotatable bonds is 3. The summed E-state index contributed by atoms with van der Waals surface area (Å²) >= 11 is 0. The number of aromatic nitrogens is 5. The summed E-state index contributed by atoms with van der Waals surface area (Å²) in [6.07, 6.45) is 8.72. The number of pyridine rings is 1. The first-order valence-electron chi connectivity index (χ1n) is 9.14. The van der Waals surface area contributed by atoms with Gasteiger partial charge in [-0.15, -0.1) is 0 Å². The highest BCUT2D eigenvalue weighted by molar-refractivity contribution is 5.97. The van der Waals surface area contributed by atoms with E-state index in [4.69, 9.17) is 10.5 Å². The van der Waals surface area contributed by atoms with Crippen LogP contribution in [0, 0.1) is 0 Å². The average Bonchev–Trinajstić information content (AvgIpc) is 3.39. The molecule has 1 aliphatic rings. The van der Waals surface area contributed by atoms with Crippen LogP contribution in [0.3, 0.4) is 0 Å². The second-order valence-corrected chi connectivity index (χ2v) is 6.80. The Hall–Kier alpha value is -3.19. The fourth-order valence-corrected chi connectivity index (χ4v) is 3.73. The van der Waals surface area contributed by atoms with Gasteiger partial charge in [0.05, 0.1) is 17.4 Å². The van der Waals surface area contributed by atoms with Crippen LogP contribution in [0.25, 0.3) is 33.3 Å². The Morgan fingerprint density at radius 3 is 2.93 bits per heavy atom. The molecule has 1 aromatic carbocycles. The largest absolute Gasteiger partial charge is 0.384 e. The number of hydrogen-bond acceptors (Lipinski definition) is 5. The molecule has 1 unspecified atom stereocenters. The number of nitrogens with two attached hydrogens (primary N) is 1. The van der Waals surface area contributed by atoms with Crippen LogP contribution in [-0.4, -0.2) is 31.6 Å². The third-order valence-corrected chi connectivity index (χ3v) is 5.03. The molecule has 0 saturated carbocycles. The quantitative estimate of drug-likeness (QED) is 0.580. The molecule has 5 rings (SSSR count). The summed E-state index contributed by atoms with van der Waals surface area (Å²) in [4.78, 5) is 4.55. The van der Waals surface area contributed by atoms with Crippen molar-refractivity contribution in [3.8, 4) is 22.4 Å². The molecule has 0 aliphatic carbocycles. The number of anilines is 1. The summed E-state index contributed by atoms with van der Waals surface area (Å²) in [7, 11) is 0. The van der Waals surface area contributed by atoms with Gasteiger partial charge in [0.1, 0.15) is 5.82 Å². The number of ether oxygens (including phenoxy) is 1. The molecule has 27 heavy (non-hydrogen) atoms. The van der Waals surface area contributed by atoms with Crippen LogP contribution in [0.1, 0.15) is 25.5 Å². The van der Waals surface area contributed by atoms with Gasteiger partial charge in [0.15, 0.2) is 6.23 Å². The zero-order valence-corrected chi connectivity index (χ0v) is 14.8. The van der Waals surface area contributed by atoms with Crippen LogP contribution in [0.4, 0.5) is 5.82 Å². The van der Waals surface area contributed by atoms with Crippen molar-refractivity contribution < 1.29 is 4.74 Å². The van der Waals surface area contributed by atoms with Gasteiger partial charge in [0.25, 0.3) is 0 Å². The number of nitrogens with zero attached hydrogens (tertiary/aromatic N) is 4. The molecule has 1 fully saturated rings. The Morgan fingerprint density at radius 2 is 2.11 bits per heavy atom. The SMILES string of the molecule is Nc1cc(-c2cn[nH]c2)c2ccc(-c3ccnn3C3CCCCO3)cc2n1. The van der Waals surface area contributed by atoms with Crippen molar-refractivity contribution in [1.29, 1.82) is 0 Å². The number of nitrogens with one attached hydrogen (secondary N) is 1. The van der Waals surface area contributed by atoms with E-state index in [2.05, 4.69) is 38.5 Å². The average molecular weight is 360 g/mol. The zero-order valence-electron chi connectivity index (χ0n) is 14.8. The summed E-state index contributed by atoms with van der Waals surface area (Å²) in [5.41, 5.74) is 11.0. The molecule has 1 aliphatic heterocycles. The first-order chi connectivity index (χ1) is 13.3. The molecule has 4 aromatic rings. The molecule has 3 aromatic heterocycles. The second kappa shape index (κ2) is 6.51. The fraction of sp³-hybridized carbons (Fsp3) is 0.250. The smallest absolute Gasteiger partial charge is 0.150 e. The lowest BCUT2D eigenvalue weighted by atomic mass is 10.0. The lowest BCUT2D eigenvalue weighted by Crippen LogP contribution is -2.19. The Balaban J connectivity index is 1.61. The number of fused-ring (bicyclic) bond motifs is 1. The Labute approximate surface area is 156 Å². The van der Waals surface area contributed by atoms with E-state index in [1.807, 2.05) is 29.2 Å². The Morgan fingerprint density at radius 1 is 1.15 bits per heavy atom. The summed E-state index contributed by atoms with van der Waals surface area (Å²) < 4.78 is 7.89. The molecule has 1 atom stereocenters. The van der Waals surface area contributed by atoms with Gasteiger partial charge in [-0.2, -0.15) is 10.2 Å². The maximum atomic E-state index is 6.07. The summed E-state index contributed by atoms with van der Waals surface area (Å²) in [6.45, 7) is 0.786. The topological polar surface area (TPSA) is 94.6 Å². The molecule has 0 amide bonds. The molecule has 0 radical (unpaired) electrons. The molecule has 7 heteroatoms. The van der Waals surface area contributed by atoms with E-state index in [-0.39, 0.29) is 6.23 Å². The Kier molecular flexibility index (Phi) is 3.86. The van der Waals surface area contributed by atoms with E-state index >= 15 is 0 Å². The summed E-state index contributed by atoms with van der Waals surface area (Å²) in [5.74, 6) is 0.486. The minimum Gasteiger partial charge on any atom is -0.384 e. The van der Waals surface area contributed by atoms with Gasteiger partial charge in [0, 0.05) is 35.5 Å². The van der Waals surface area contributed by atoms with E-state index in [0.29, 0.717) is 5.82 Å². The maximum Gasteiger partial charge on any atom is 0.150 e. The fourth-order valence-electron chi connectivity index (χ4n) is 3.73. The minimum atomic E-state index is -0.00487. The highest BCUT2D eigenvalue weighted by Crippen LogP contribution is 2.33. The predicted molar refractivity (Wildman–Crippen MR) is 104 cm³/mol. The molecule has 7 nitrogen and oxygen atoms in total. The first kappa shape index (κ1) is 16.0. The van der Waals surface area contributed by atoms with Gasteiger partial charge in [0.2, 0.25) is 0 Å². The molecular weight excluding hydrogens is 340 g/mol. The van der Waals surface area contributed by atoms with E-state index in [1.54, 1.807) is 6.20 Å². The summed E-state index contributed by atoms with van der Waals surface area (Å²) in [6, 6.07) is 10.1. The highest BCUT2D eigenvalue weighted by atomic mass is 16.5. The lowest BCUT2D eigenvalue weighted by Gasteiger charge is -2.24. The number of hydrogen-bond donors (Lipinski definition) is 2. The third-order valence-electron chi connectivity index (χ3n) is 5.03. The Bertz CT molecular complexity index is 1080. The van der Waals surface area contributed by atoms with Crippen LogP contribution in [0.5, 0.6) is 0 Å². The zero-order chi connectivity index (χ0) is 18.2. The van der Waals surface area contributed by atoms with Crippen LogP contribution in [-0.2, 0) is 4.74 Å². The standard InChI is InChI=1S/C20H20N6O/c21-19-10-16(14-11-22-23-12-14)15-5-4-13(9-17(15)25-19)18-6-7-24-26(18)20-3-1-2-8-27-20/h4-7,9-12,20H,1-3,8H2,(H2,21,25)(H,22,23). The van der Waals surface area contributed by atoms with Crippen LogP contribution in [0.2, 0.25) is 0 Å². The molecule has 4 heterocycles. The van der Waals surface area contributed by atoms with Gasteiger partial charge in [-0.05, 0) is 43.0 Å². The number of nitrogen functional groups attached to an aromatic ring is 1. The van der Waals surface area contributed by atoms with Gasteiger partial charge in [-0.1, -0.05) is 12.1 Å². The van der Waals surface area contributed by atoms with Gasteiger partial charge in [-0.25, -0.2) is 9.67 Å².